The smallest absolute Gasteiger partial charge is 0.408 e. The number of anilines is 1. The molecule has 2 rings (SSSR count). The lowest BCUT2D eigenvalue weighted by atomic mass is 9.95. The van der Waals surface area contributed by atoms with Crippen LogP contribution in [0.1, 0.15) is 76.8 Å². The lowest BCUT2D eigenvalue weighted by Crippen LogP contribution is -2.56. The molecule has 0 spiro atoms. The van der Waals surface area contributed by atoms with E-state index in [1.807, 2.05) is 45.9 Å². The molecule has 3 N–H and O–H groups in total. The Morgan fingerprint density at radius 2 is 1.42 bits per heavy atom. The van der Waals surface area contributed by atoms with E-state index in [-0.39, 0.29) is 11.7 Å². The fourth-order valence-electron chi connectivity index (χ4n) is 4.31. The van der Waals surface area contributed by atoms with Crippen LogP contribution in [0.4, 0.5) is 10.5 Å². The first-order chi connectivity index (χ1) is 17.5. The number of aromatic hydroxyl groups is 1. The first-order valence-corrected chi connectivity index (χ1v) is 13.0. The van der Waals surface area contributed by atoms with Crippen LogP contribution in [0.25, 0.3) is 0 Å². The molecule has 0 aliphatic heterocycles. The molecule has 0 bridgehead atoms. The molecular weight excluding hydrogens is 482 g/mol. The molecule has 0 saturated heterocycles. The fourth-order valence-corrected chi connectivity index (χ4v) is 4.31. The Hall–Kier alpha value is -3.55. The standard InChI is InChI=1S/C30H43N3O5/c1-17(2)23(32-29(37)38-30(8,9)10)28(36)33(18(3)4)25(22-16-12-15-21(7)26(22)34)27(35)31-24-19(5)13-11-14-20(24)6/h11-18,23,25,34H,1-10H3,(H,31,35)(H,32,37). The molecule has 2 atom stereocenters. The van der Waals surface area contributed by atoms with Crippen LogP contribution in [0.3, 0.4) is 0 Å². The molecule has 0 saturated carbocycles. The molecule has 2 unspecified atom stereocenters. The Bertz CT molecular complexity index is 1150. The number of ether oxygens (including phenoxy) is 1. The van der Waals surface area contributed by atoms with E-state index in [0.717, 1.165) is 11.1 Å². The van der Waals surface area contributed by atoms with Crippen molar-refractivity contribution in [2.24, 2.45) is 5.92 Å². The quantitative estimate of drug-likeness (QED) is 0.405. The minimum absolute atomic E-state index is 0.0613. The van der Waals surface area contributed by atoms with Crippen LogP contribution < -0.4 is 10.6 Å². The molecule has 38 heavy (non-hydrogen) atoms. The average Bonchev–Trinajstić information content (AvgIpc) is 2.78. The SMILES string of the molecule is Cc1cccc(C(C(=O)Nc2c(C)cccc2C)N(C(=O)C(NC(=O)OC(C)(C)C)C(C)C)C(C)C)c1O. The monoisotopic (exact) mass is 525 g/mol. The van der Waals surface area contributed by atoms with E-state index >= 15 is 0 Å². The summed E-state index contributed by atoms with van der Waals surface area (Å²) in [5.74, 6) is -1.29. The summed E-state index contributed by atoms with van der Waals surface area (Å²) in [6.45, 7) is 18.0. The summed E-state index contributed by atoms with van der Waals surface area (Å²) in [7, 11) is 0. The second kappa shape index (κ2) is 12.3. The molecule has 0 heterocycles. The fraction of sp³-hybridized carbons (Fsp3) is 0.500. The molecule has 2 aromatic carbocycles. The molecular formula is C30H43N3O5. The zero-order valence-corrected chi connectivity index (χ0v) is 24.3. The Balaban J connectivity index is 2.62. The van der Waals surface area contributed by atoms with Gasteiger partial charge in [0.25, 0.3) is 5.91 Å². The number of hydrogen-bond donors (Lipinski definition) is 3. The predicted molar refractivity (Wildman–Crippen MR) is 150 cm³/mol. The first kappa shape index (κ1) is 30.7. The van der Waals surface area contributed by atoms with Gasteiger partial charge in [0.2, 0.25) is 5.91 Å². The van der Waals surface area contributed by atoms with Gasteiger partial charge in [0.15, 0.2) is 0 Å². The van der Waals surface area contributed by atoms with Crippen LogP contribution in [0.5, 0.6) is 5.75 Å². The van der Waals surface area contributed by atoms with E-state index in [1.54, 1.807) is 59.7 Å². The molecule has 3 amide bonds. The first-order valence-electron chi connectivity index (χ1n) is 13.0. The molecule has 8 nitrogen and oxygen atoms in total. The van der Waals surface area contributed by atoms with Gasteiger partial charge in [-0.25, -0.2) is 4.79 Å². The number of amides is 3. The van der Waals surface area contributed by atoms with E-state index in [9.17, 15) is 19.5 Å². The maximum Gasteiger partial charge on any atom is 0.408 e. The lowest BCUT2D eigenvalue weighted by molar-refractivity contribution is -0.143. The minimum atomic E-state index is -1.16. The van der Waals surface area contributed by atoms with E-state index < -0.39 is 41.6 Å². The van der Waals surface area contributed by atoms with Gasteiger partial charge in [0.1, 0.15) is 23.4 Å². The maximum atomic E-state index is 14.1. The number of hydrogen-bond acceptors (Lipinski definition) is 5. The number of aryl methyl sites for hydroxylation is 3. The molecule has 0 aliphatic carbocycles. The Morgan fingerprint density at radius 3 is 1.92 bits per heavy atom. The minimum Gasteiger partial charge on any atom is -0.507 e. The van der Waals surface area contributed by atoms with Gasteiger partial charge in [-0.05, 0) is 78.0 Å². The summed E-state index contributed by atoms with van der Waals surface area (Å²) >= 11 is 0. The van der Waals surface area contributed by atoms with Crippen molar-refractivity contribution in [1.82, 2.24) is 10.2 Å². The molecule has 0 aliphatic rings. The number of carbonyl (C=O) groups excluding carboxylic acids is 3. The van der Waals surface area contributed by atoms with Gasteiger partial charge in [0, 0.05) is 17.3 Å². The Kier molecular flexibility index (Phi) is 9.95. The molecule has 0 radical (unpaired) electrons. The molecule has 0 fully saturated rings. The van der Waals surface area contributed by atoms with Crippen molar-refractivity contribution in [2.45, 2.75) is 93.0 Å². The third-order valence-corrected chi connectivity index (χ3v) is 6.24. The number of nitrogens with one attached hydrogen (secondary N) is 2. The van der Waals surface area contributed by atoms with Gasteiger partial charge < -0.3 is 25.4 Å². The van der Waals surface area contributed by atoms with E-state index in [0.29, 0.717) is 16.8 Å². The van der Waals surface area contributed by atoms with Gasteiger partial charge in [-0.2, -0.15) is 0 Å². The van der Waals surface area contributed by atoms with E-state index in [1.165, 1.54) is 4.90 Å². The number of benzene rings is 2. The summed E-state index contributed by atoms with van der Waals surface area (Å²) in [5.41, 5.74) is 2.54. The van der Waals surface area contributed by atoms with Gasteiger partial charge in [-0.1, -0.05) is 50.2 Å². The van der Waals surface area contributed by atoms with E-state index in [4.69, 9.17) is 4.74 Å². The van der Waals surface area contributed by atoms with Crippen LogP contribution in [0, 0.1) is 26.7 Å². The average molecular weight is 526 g/mol. The number of nitrogens with zero attached hydrogens (tertiary/aromatic N) is 1. The second-order valence-corrected chi connectivity index (χ2v) is 11.4. The van der Waals surface area contributed by atoms with Crippen LogP contribution in [-0.2, 0) is 14.3 Å². The van der Waals surface area contributed by atoms with Crippen LogP contribution in [-0.4, -0.2) is 45.6 Å². The van der Waals surface area contributed by atoms with Crippen LogP contribution in [0.15, 0.2) is 36.4 Å². The van der Waals surface area contributed by atoms with Gasteiger partial charge in [-0.3, -0.25) is 9.59 Å². The van der Waals surface area contributed by atoms with Crippen molar-refractivity contribution in [3.8, 4) is 5.75 Å². The number of rotatable bonds is 8. The van der Waals surface area contributed by atoms with Crippen molar-refractivity contribution in [1.29, 1.82) is 0 Å². The summed E-state index contributed by atoms with van der Waals surface area (Å²) in [5, 5.41) is 16.7. The zero-order valence-electron chi connectivity index (χ0n) is 24.3. The highest BCUT2D eigenvalue weighted by Gasteiger charge is 2.40. The molecule has 2 aromatic rings. The number of alkyl carbamates (subject to hydrolysis) is 1. The Morgan fingerprint density at radius 1 is 0.895 bits per heavy atom. The Labute approximate surface area is 226 Å². The lowest BCUT2D eigenvalue weighted by Gasteiger charge is -2.38. The van der Waals surface area contributed by atoms with Crippen molar-refractivity contribution in [3.05, 3.63) is 58.7 Å². The third-order valence-electron chi connectivity index (χ3n) is 6.24. The summed E-state index contributed by atoms with van der Waals surface area (Å²) in [4.78, 5) is 42.2. The van der Waals surface area contributed by atoms with Gasteiger partial charge >= 0.3 is 6.09 Å². The van der Waals surface area contributed by atoms with Gasteiger partial charge in [0.05, 0.1) is 0 Å². The van der Waals surface area contributed by atoms with Crippen LogP contribution in [0.2, 0.25) is 0 Å². The third kappa shape index (κ3) is 7.49. The second-order valence-electron chi connectivity index (χ2n) is 11.4. The number of phenolic OH excluding ortho intramolecular Hbond substituents is 1. The number of para-hydroxylation sites is 2. The van der Waals surface area contributed by atoms with E-state index in [2.05, 4.69) is 10.6 Å². The van der Waals surface area contributed by atoms with Crippen molar-refractivity contribution in [2.75, 3.05) is 5.32 Å². The molecule has 0 aromatic heterocycles. The molecule has 208 valence electrons. The van der Waals surface area contributed by atoms with Crippen molar-refractivity contribution < 1.29 is 24.2 Å². The van der Waals surface area contributed by atoms with Crippen molar-refractivity contribution >= 4 is 23.6 Å². The predicted octanol–water partition coefficient (Wildman–Crippen LogP) is 5.78. The zero-order chi connectivity index (χ0) is 28.9. The highest BCUT2D eigenvalue weighted by atomic mass is 16.6. The summed E-state index contributed by atoms with van der Waals surface area (Å²) in [6.07, 6.45) is -0.719. The molecule has 8 heteroatoms. The summed E-state index contributed by atoms with van der Waals surface area (Å²) < 4.78 is 5.40. The largest absolute Gasteiger partial charge is 0.507 e. The van der Waals surface area contributed by atoms with Crippen molar-refractivity contribution in [3.63, 3.8) is 0 Å². The summed E-state index contributed by atoms with van der Waals surface area (Å²) in [6, 6.07) is 8.25. The van der Waals surface area contributed by atoms with Gasteiger partial charge in [-0.15, -0.1) is 0 Å². The van der Waals surface area contributed by atoms with Crippen LogP contribution >= 0.6 is 0 Å². The number of carbonyl (C=O) groups is 3. The maximum absolute atomic E-state index is 14.1. The number of phenols is 1. The normalized spacial score (nSPS) is 13.2. The highest BCUT2D eigenvalue weighted by molar-refractivity contribution is 6.00. The highest BCUT2D eigenvalue weighted by Crippen LogP contribution is 2.35. The topological polar surface area (TPSA) is 108 Å².